The van der Waals surface area contributed by atoms with Crippen LogP contribution in [-0.2, 0) is 11.2 Å². The number of pyridine rings is 1. The fourth-order valence-corrected chi connectivity index (χ4v) is 3.88. The number of hydrogen-bond donors (Lipinski definition) is 2. The predicted molar refractivity (Wildman–Crippen MR) is 107 cm³/mol. The summed E-state index contributed by atoms with van der Waals surface area (Å²) < 4.78 is 5.07. The Morgan fingerprint density at radius 2 is 2.04 bits per heavy atom. The smallest absolute Gasteiger partial charge is 0.261 e. The minimum Gasteiger partial charge on any atom is -0.383 e. The standard InChI is InChI=1S/C19H23N5O2S/c1-13-15-17(21-10-11-26-2)23-12-24-19(15)27-16(13)18(25)22-7-3-4-14-5-8-20-9-6-14/h5-6,8-9,12H,3-4,7,10-11H2,1-2H3,(H,22,25)(H,21,23,24). The summed E-state index contributed by atoms with van der Waals surface area (Å²) in [6.07, 6.45) is 6.88. The molecule has 3 heterocycles. The van der Waals surface area contributed by atoms with Gasteiger partial charge in [-0.3, -0.25) is 9.78 Å². The number of carbonyl (C=O) groups is 1. The Bertz CT molecular complexity index is 898. The maximum absolute atomic E-state index is 12.6. The summed E-state index contributed by atoms with van der Waals surface area (Å²) in [4.78, 5) is 26.8. The Morgan fingerprint density at radius 1 is 1.22 bits per heavy atom. The molecule has 3 aromatic rings. The molecular formula is C19H23N5O2S. The van der Waals surface area contributed by atoms with Crippen LogP contribution < -0.4 is 10.6 Å². The van der Waals surface area contributed by atoms with Gasteiger partial charge in [0.1, 0.15) is 17.0 Å². The molecule has 0 aromatic carbocycles. The first-order valence-electron chi connectivity index (χ1n) is 8.84. The number of thiophene rings is 1. The number of aryl methyl sites for hydroxylation is 2. The van der Waals surface area contributed by atoms with Gasteiger partial charge in [-0.1, -0.05) is 0 Å². The van der Waals surface area contributed by atoms with Crippen molar-refractivity contribution >= 4 is 33.3 Å². The molecule has 0 radical (unpaired) electrons. The van der Waals surface area contributed by atoms with E-state index in [9.17, 15) is 4.79 Å². The second-order valence-corrected chi connectivity index (χ2v) is 7.09. The average Bonchev–Trinajstić information content (AvgIpc) is 3.04. The number of methoxy groups -OCH3 is 1. The SMILES string of the molecule is COCCNc1ncnc2sc(C(=O)NCCCc3ccncc3)c(C)c12. The van der Waals surface area contributed by atoms with Gasteiger partial charge in [0.05, 0.1) is 16.9 Å². The van der Waals surface area contributed by atoms with Gasteiger partial charge in [-0.2, -0.15) is 0 Å². The number of fused-ring (bicyclic) bond motifs is 1. The molecule has 0 aliphatic heterocycles. The summed E-state index contributed by atoms with van der Waals surface area (Å²) in [6.45, 7) is 3.79. The molecule has 142 valence electrons. The zero-order valence-corrected chi connectivity index (χ0v) is 16.3. The molecule has 3 aromatic heterocycles. The molecule has 0 spiro atoms. The summed E-state index contributed by atoms with van der Waals surface area (Å²) in [5.74, 6) is 0.676. The molecule has 0 aliphatic carbocycles. The molecule has 0 atom stereocenters. The van der Waals surface area contributed by atoms with Crippen LogP contribution in [0.5, 0.6) is 0 Å². The number of anilines is 1. The summed E-state index contributed by atoms with van der Waals surface area (Å²) in [5.41, 5.74) is 2.13. The number of carbonyl (C=O) groups excluding carboxylic acids is 1. The number of nitrogens with zero attached hydrogens (tertiary/aromatic N) is 3. The van der Waals surface area contributed by atoms with Crippen LogP contribution in [-0.4, -0.2) is 47.7 Å². The Balaban J connectivity index is 1.64. The maximum Gasteiger partial charge on any atom is 0.261 e. The summed E-state index contributed by atoms with van der Waals surface area (Å²) in [6, 6.07) is 3.99. The largest absolute Gasteiger partial charge is 0.383 e. The van der Waals surface area contributed by atoms with E-state index in [0.29, 0.717) is 24.6 Å². The third-order valence-electron chi connectivity index (χ3n) is 4.21. The zero-order chi connectivity index (χ0) is 19.1. The van der Waals surface area contributed by atoms with E-state index in [1.54, 1.807) is 19.5 Å². The van der Waals surface area contributed by atoms with E-state index in [-0.39, 0.29) is 5.91 Å². The predicted octanol–water partition coefficient (Wildman–Crippen LogP) is 2.82. The van der Waals surface area contributed by atoms with Crippen molar-refractivity contribution in [1.82, 2.24) is 20.3 Å². The molecule has 0 saturated heterocycles. The molecule has 3 rings (SSSR count). The normalized spacial score (nSPS) is 10.9. The second kappa shape index (κ2) is 9.38. The Morgan fingerprint density at radius 3 is 2.81 bits per heavy atom. The van der Waals surface area contributed by atoms with Crippen molar-refractivity contribution in [2.75, 3.05) is 32.1 Å². The third-order valence-corrected chi connectivity index (χ3v) is 5.41. The first-order chi connectivity index (χ1) is 13.2. The van der Waals surface area contributed by atoms with E-state index in [4.69, 9.17) is 4.74 Å². The molecule has 0 aliphatic rings. The second-order valence-electron chi connectivity index (χ2n) is 6.09. The van der Waals surface area contributed by atoms with Crippen LogP contribution in [0.1, 0.15) is 27.2 Å². The minimum atomic E-state index is -0.0620. The first-order valence-corrected chi connectivity index (χ1v) is 9.66. The van der Waals surface area contributed by atoms with Gasteiger partial charge < -0.3 is 15.4 Å². The lowest BCUT2D eigenvalue weighted by molar-refractivity contribution is 0.0957. The highest BCUT2D eigenvalue weighted by atomic mass is 32.1. The third kappa shape index (κ3) is 4.78. The number of rotatable bonds is 9. The first kappa shape index (κ1) is 19.2. The zero-order valence-electron chi connectivity index (χ0n) is 15.5. The monoisotopic (exact) mass is 385 g/mol. The van der Waals surface area contributed by atoms with Gasteiger partial charge >= 0.3 is 0 Å². The fraction of sp³-hybridized carbons (Fsp3) is 0.368. The van der Waals surface area contributed by atoms with Gasteiger partial charge in [-0.25, -0.2) is 9.97 Å². The van der Waals surface area contributed by atoms with E-state index in [0.717, 1.165) is 34.4 Å². The van der Waals surface area contributed by atoms with Gasteiger partial charge in [0.2, 0.25) is 0 Å². The number of ether oxygens (including phenoxy) is 1. The van der Waals surface area contributed by atoms with Crippen molar-refractivity contribution in [3.8, 4) is 0 Å². The molecule has 7 nitrogen and oxygen atoms in total. The van der Waals surface area contributed by atoms with Crippen LogP contribution in [0.4, 0.5) is 5.82 Å². The Labute approximate surface area is 162 Å². The highest BCUT2D eigenvalue weighted by molar-refractivity contribution is 7.20. The van der Waals surface area contributed by atoms with Crippen LogP contribution in [0.25, 0.3) is 10.2 Å². The van der Waals surface area contributed by atoms with Crippen molar-refractivity contribution in [3.05, 3.63) is 46.9 Å². The van der Waals surface area contributed by atoms with Crippen molar-refractivity contribution in [3.63, 3.8) is 0 Å². The number of aromatic nitrogens is 3. The molecule has 0 bridgehead atoms. The van der Waals surface area contributed by atoms with Crippen LogP contribution in [0.15, 0.2) is 30.9 Å². The lowest BCUT2D eigenvalue weighted by Gasteiger charge is -2.07. The Hall–Kier alpha value is -2.58. The molecule has 8 heteroatoms. The van der Waals surface area contributed by atoms with Crippen molar-refractivity contribution in [2.45, 2.75) is 19.8 Å². The lowest BCUT2D eigenvalue weighted by Crippen LogP contribution is -2.24. The van der Waals surface area contributed by atoms with Crippen LogP contribution in [0.2, 0.25) is 0 Å². The molecule has 1 amide bonds. The highest BCUT2D eigenvalue weighted by Gasteiger charge is 2.18. The molecular weight excluding hydrogens is 362 g/mol. The lowest BCUT2D eigenvalue weighted by atomic mass is 10.1. The van der Waals surface area contributed by atoms with E-state index >= 15 is 0 Å². The van der Waals surface area contributed by atoms with Crippen molar-refractivity contribution in [2.24, 2.45) is 0 Å². The number of amides is 1. The Kier molecular flexibility index (Phi) is 6.67. The van der Waals surface area contributed by atoms with Gasteiger partial charge in [-0.05, 0) is 43.0 Å². The van der Waals surface area contributed by atoms with Crippen LogP contribution in [0.3, 0.4) is 0 Å². The van der Waals surface area contributed by atoms with E-state index in [1.807, 2.05) is 19.1 Å². The minimum absolute atomic E-state index is 0.0620. The maximum atomic E-state index is 12.6. The fourth-order valence-electron chi connectivity index (χ4n) is 2.82. The molecule has 0 saturated carbocycles. The van der Waals surface area contributed by atoms with Gasteiger partial charge in [0.25, 0.3) is 5.91 Å². The molecule has 0 fully saturated rings. The molecule has 27 heavy (non-hydrogen) atoms. The van der Waals surface area contributed by atoms with Crippen molar-refractivity contribution in [1.29, 1.82) is 0 Å². The van der Waals surface area contributed by atoms with Gasteiger partial charge in [0, 0.05) is 32.6 Å². The summed E-state index contributed by atoms with van der Waals surface area (Å²) >= 11 is 1.40. The van der Waals surface area contributed by atoms with Crippen LogP contribution in [0, 0.1) is 6.92 Å². The van der Waals surface area contributed by atoms with Gasteiger partial charge in [0.15, 0.2) is 0 Å². The number of hydrogen-bond acceptors (Lipinski definition) is 7. The van der Waals surface area contributed by atoms with Crippen molar-refractivity contribution < 1.29 is 9.53 Å². The number of nitrogens with one attached hydrogen (secondary N) is 2. The van der Waals surface area contributed by atoms with E-state index in [2.05, 4.69) is 25.6 Å². The summed E-state index contributed by atoms with van der Waals surface area (Å²) in [5, 5.41) is 7.16. The average molecular weight is 385 g/mol. The topological polar surface area (TPSA) is 89.0 Å². The van der Waals surface area contributed by atoms with Gasteiger partial charge in [-0.15, -0.1) is 11.3 Å². The highest BCUT2D eigenvalue weighted by Crippen LogP contribution is 2.33. The quantitative estimate of drug-likeness (QED) is 0.551. The summed E-state index contributed by atoms with van der Waals surface area (Å²) in [7, 11) is 1.66. The van der Waals surface area contributed by atoms with E-state index < -0.39 is 0 Å². The molecule has 2 N–H and O–H groups in total. The van der Waals surface area contributed by atoms with Crippen LogP contribution >= 0.6 is 11.3 Å². The van der Waals surface area contributed by atoms with E-state index in [1.165, 1.54) is 23.2 Å². The molecule has 0 unspecified atom stereocenters.